The monoisotopic (exact) mass is 587 g/mol. The Morgan fingerprint density at radius 2 is 2.00 bits per heavy atom. The van der Waals surface area contributed by atoms with Crippen molar-refractivity contribution in [2.75, 3.05) is 57.4 Å². The maximum Gasteiger partial charge on any atom is 0.241 e. The number of morpholine rings is 1. The number of amides is 1. The highest BCUT2D eigenvalue weighted by Gasteiger charge is 2.43. The molecule has 3 aromatic rings. The number of nitriles is 1. The smallest absolute Gasteiger partial charge is 0.241 e. The van der Waals surface area contributed by atoms with E-state index >= 15 is 0 Å². The molecule has 3 aliphatic rings. The molecule has 0 saturated carbocycles. The van der Waals surface area contributed by atoms with Crippen molar-refractivity contribution in [3.05, 3.63) is 64.4 Å². The normalized spacial score (nSPS) is 24.3. The number of halogens is 1. The average Bonchev–Trinajstić information content (AvgIpc) is 3.44. The van der Waals surface area contributed by atoms with Crippen LogP contribution in [0.5, 0.6) is 0 Å². The lowest BCUT2D eigenvalue weighted by molar-refractivity contribution is -0.121. The Balaban J connectivity index is 1.35. The third-order valence-electron chi connectivity index (χ3n) is 9.33. The van der Waals surface area contributed by atoms with Gasteiger partial charge in [0.2, 0.25) is 5.91 Å². The van der Waals surface area contributed by atoms with Gasteiger partial charge < -0.3 is 15.0 Å². The molecule has 228 valence electrons. The van der Waals surface area contributed by atoms with Gasteiger partial charge in [-0.2, -0.15) is 5.26 Å². The minimum Gasteiger partial charge on any atom is -0.379 e. The number of hydrogen-bond donors (Lipinski definition) is 1. The third-order valence-corrected chi connectivity index (χ3v) is 9.33. The highest BCUT2D eigenvalue weighted by atomic mass is 19.1. The fraction of sp³-hybridized carbons (Fsp3) is 0.545. The number of pyridine rings is 1. The molecule has 2 fully saturated rings. The lowest BCUT2D eigenvalue weighted by Crippen LogP contribution is -2.62. The molecule has 6 rings (SSSR count). The first kappa shape index (κ1) is 29.7. The number of rotatable bonds is 6. The van der Waals surface area contributed by atoms with Crippen molar-refractivity contribution in [1.82, 2.24) is 24.5 Å². The second kappa shape index (κ2) is 11.6. The summed E-state index contributed by atoms with van der Waals surface area (Å²) in [4.78, 5) is 25.8. The zero-order valence-electron chi connectivity index (χ0n) is 25.9. The minimum atomic E-state index is -0.393. The summed E-state index contributed by atoms with van der Waals surface area (Å²) >= 11 is 0. The van der Waals surface area contributed by atoms with Crippen LogP contribution in [0.1, 0.15) is 55.9 Å². The number of ether oxygens (including phenoxy) is 1. The standard InChI is InChI=1S/C33H42FN7O2/c1-21-16-39(27(15-36-21)17-38-10-11-43-19-22(38)2)18-30(42)40-20-33(4,5)31-28(40)13-25(12-24-6-8-26(34)9-7-24)32-37-23(3)29(14-35)41(31)32/h6-9,13,21-22,27,36H,10-12,15-20H2,1-5H3/t21-,22-,27-/m1/s1. The van der Waals surface area contributed by atoms with Gasteiger partial charge >= 0.3 is 0 Å². The fourth-order valence-electron chi connectivity index (χ4n) is 7.06. The van der Waals surface area contributed by atoms with E-state index in [4.69, 9.17) is 9.72 Å². The zero-order valence-corrected chi connectivity index (χ0v) is 25.9. The molecule has 3 atom stereocenters. The molecule has 0 unspecified atom stereocenters. The summed E-state index contributed by atoms with van der Waals surface area (Å²) in [5.74, 6) is -0.225. The Kier molecular flexibility index (Phi) is 8.03. The number of benzene rings is 1. The van der Waals surface area contributed by atoms with Crippen molar-refractivity contribution < 1.29 is 13.9 Å². The summed E-state index contributed by atoms with van der Waals surface area (Å²) in [5.41, 5.74) is 5.08. The summed E-state index contributed by atoms with van der Waals surface area (Å²) < 4.78 is 21.3. The molecule has 1 amide bonds. The topological polar surface area (TPSA) is 89.1 Å². The van der Waals surface area contributed by atoms with Gasteiger partial charge in [-0.05, 0) is 44.5 Å². The van der Waals surface area contributed by atoms with Gasteiger partial charge in [0.1, 0.15) is 23.2 Å². The van der Waals surface area contributed by atoms with Crippen molar-refractivity contribution in [3.63, 3.8) is 0 Å². The van der Waals surface area contributed by atoms with Crippen LogP contribution < -0.4 is 10.2 Å². The minimum absolute atomic E-state index is 0.0587. The van der Waals surface area contributed by atoms with Crippen LogP contribution >= 0.6 is 0 Å². The lowest BCUT2D eigenvalue weighted by Gasteiger charge is -2.43. The number of anilines is 1. The Labute approximate surface area is 253 Å². The van der Waals surface area contributed by atoms with E-state index in [1.54, 1.807) is 12.1 Å². The van der Waals surface area contributed by atoms with Crippen LogP contribution in [0.3, 0.4) is 0 Å². The number of aryl methyl sites for hydroxylation is 1. The molecule has 0 aliphatic carbocycles. The number of carbonyl (C=O) groups excluding carboxylic acids is 1. The van der Waals surface area contributed by atoms with Gasteiger partial charge in [-0.3, -0.25) is 19.0 Å². The van der Waals surface area contributed by atoms with Crippen molar-refractivity contribution in [2.24, 2.45) is 0 Å². The highest BCUT2D eigenvalue weighted by Crippen LogP contribution is 2.43. The van der Waals surface area contributed by atoms with Gasteiger partial charge in [-0.1, -0.05) is 26.0 Å². The van der Waals surface area contributed by atoms with E-state index in [0.717, 1.165) is 67.5 Å². The summed E-state index contributed by atoms with van der Waals surface area (Å²) in [5, 5.41) is 13.8. The molecule has 2 saturated heterocycles. The summed E-state index contributed by atoms with van der Waals surface area (Å²) in [6, 6.07) is 11.8. The van der Waals surface area contributed by atoms with E-state index in [-0.39, 0.29) is 17.8 Å². The molecule has 10 heteroatoms. The van der Waals surface area contributed by atoms with Gasteiger partial charge in [0, 0.05) is 68.2 Å². The number of nitrogens with one attached hydrogen (secondary N) is 1. The van der Waals surface area contributed by atoms with Crippen molar-refractivity contribution >= 4 is 17.2 Å². The largest absolute Gasteiger partial charge is 0.379 e. The molecule has 9 nitrogen and oxygen atoms in total. The van der Waals surface area contributed by atoms with E-state index in [1.165, 1.54) is 12.1 Å². The third kappa shape index (κ3) is 5.67. The van der Waals surface area contributed by atoms with Gasteiger partial charge in [-0.25, -0.2) is 9.37 Å². The van der Waals surface area contributed by atoms with Gasteiger partial charge in [-0.15, -0.1) is 0 Å². The molecule has 2 aromatic heterocycles. The number of imidazole rings is 1. The van der Waals surface area contributed by atoms with E-state index in [1.807, 2.05) is 16.2 Å². The summed E-state index contributed by atoms with van der Waals surface area (Å²) in [7, 11) is 0. The number of aromatic nitrogens is 2. The van der Waals surface area contributed by atoms with Gasteiger partial charge in [0.25, 0.3) is 0 Å². The van der Waals surface area contributed by atoms with E-state index < -0.39 is 5.41 Å². The number of carbonyl (C=O) groups is 1. The van der Waals surface area contributed by atoms with Crippen LogP contribution in [0.15, 0.2) is 30.3 Å². The second-order valence-corrected chi connectivity index (χ2v) is 13.2. The Bertz CT molecular complexity index is 1560. The zero-order chi connectivity index (χ0) is 30.5. The molecule has 3 aliphatic heterocycles. The molecule has 0 bridgehead atoms. The molecule has 43 heavy (non-hydrogen) atoms. The van der Waals surface area contributed by atoms with Crippen molar-refractivity contribution in [3.8, 4) is 6.07 Å². The van der Waals surface area contributed by atoms with Gasteiger partial charge in [0.15, 0.2) is 0 Å². The average molecular weight is 588 g/mol. The first-order valence-corrected chi connectivity index (χ1v) is 15.3. The van der Waals surface area contributed by atoms with Crippen LogP contribution in [0.4, 0.5) is 10.1 Å². The molecule has 1 N–H and O–H groups in total. The quantitative estimate of drug-likeness (QED) is 0.474. The second-order valence-electron chi connectivity index (χ2n) is 13.2. The predicted octanol–water partition coefficient (Wildman–Crippen LogP) is 3.25. The molecule has 0 spiro atoms. The van der Waals surface area contributed by atoms with Crippen LogP contribution in [0.25, 0.3) is 5.65 Å². The maximum absolute atomic E-state index is 14.3. The van der Waals surface area contributed by atoms with Crippen LogP contribution in [0, 0.1) is 24.1 Å². The summed E-state index contributed by atoms with van der Waals surface area (Å²) in [6.45, 7) is 16.2. The molecule has 0 radical (unpaired) electrons. The molecule has 5 heterocycles. The predicted molar refractivity (Wildman–Crippen MR) is 164 cm³/mol. The molecular weight excluding hydrogens is 545 g/mol. The number of piperazine rings is 1. The molecular formula is C33H42FN7O2. The Hall–Kier alpha value is -3.36. The molecule has 1 aromatic carbocycles. The Morgan fingerprint density at radius 3 is 2.72 bits per heavy atom. The highest BCUT2D eigenvalue weighted by molar-refractivity contribution is 5.98. The first-order chi connectivity index (χ1) is 20.6. The van der Waals surface area contributed by atoms with Crippen molar-refractivity contribution in [1.29, 1.82) is 5.26 Å². The number of fused-ring (bicyclic) bond motifs is 3. The van der Waals surface area contributed by atoms with Crippen LogP contribution in [-0.2, 0) is 21.4 Å². The summed E-state index contributed by atoms with van der Waals surface area (Å²) in [6.07, 6.45) is 0.510. The van der Waals surface area contributed by atoms with E-state index in [9.17, 15) is 14.4 Å². The van der Waals surface area contributed by atoms with Crippen LogP contribution in [-0.4, -0.2) is 95.7 Å². The van der Waals surface area contributed by atoms with Crippen molar-refractivity contribution in [2.45, 2.75) is 64.6 Å². The Morgan fingerprint density at radius 1 is 1.23 bits per heavy atom. The number of nitrogens with zero attached hydrogens (tertiary/aromatic N) is 6. The fourth-order valence-corrected chi connectivity index (χ4v) is 7.06. The van der Waals surface area contributed by atoms with E-state index in [0.29, 0.717) is 43.0 Å². The first-order valence-electron chi connectivity index (χ1n) is 15.3. The van der Waals surface area contributed by atoms with Crippen LogP contribution in [0.2, 0.25) is 0 Å². The lowest BCUT2D eigenvalue weighted by atomic mass is 9.90. The number of hydrogen-bond acceptors (Lipinski definition) is 7. The van der Waals surface area contributed by atoms with E-state index in [2.05, 4.69) is 54.9 Å². The van der Waals surface area contributed by atoms with Gasteiger partial charge in [0.05, 0.1) is 36.8 Å². The maximum atomic E-state index is 14.3. The SMILES string of the molecule is Cc1nc2c(Cc3ccc(F)cc3)cc3c(n2c1C#N)C(C)(C)CN3C(=O)CN1C[C@@H](C)NC[C@@H]1CN1CCOC[C@H]1C.